The summed E-state index contributed by atoms with van der Waals surface area (Å²) in [5.74, 6) is -0.0661. The first-order valence-corrected chi connectivity index (χ1v) is 11.8. The SMILES string of the molecule is Cc1ccc(-c2cc(C(=O)Nc3cccc(CN4CCCCC4=O)c3)c3c(C)noc3n2)s1. The minimum absolute atomic E-state index is 0.189. The molecule has 0 spiro atoms. The Kier molecular flexibility index (Phi) is 5.68. The van der Waals surface area contributed by atoms with Crippen molar-refractivity contribution in [1.29, 1.82) is 0 Å². The molecule has 2 amide bonds. The van der Waals surface area contributed by atoms with E-state index in [-0.39, 0.29) is 11.8 Å². The normalized spacial score (nSPS) is 14.1. The van der Waals surface area contributed by atoms with Gasteiger partial charge in [0.15, 0.2) is 0 Å². The van der Waals surface area contributed by atoms with E-state index in [1.54, 1.807) is 24.3 Å². The number of thiophene rings is 1. The second-order valence-electron chi connectivity index (χ2n) is 8.34. The number of rotatable bonds is 5. The smallest absolute Gasteiger partial charge is 0.259 e. The fourth-order valence-electron chi connectivity index (χ4n) is 4.17. The van der Waals surface area contributed by atoms with Gasteiger partial charge in [0.2, 0.25) is 5.91 Å². The van der Waals surface area contributed by atoms with Crippen LogP contribution in [0, 0.1) is 13.8 Å². The lowest BCUT2D eigenvalue weighted by atomic mass is 10.1. The number of carbonyl (C=O) groups is 2. The molecule has 0 saturated carbocycles. The van der Waals surface area contributed by atoms with Crippen molar-refractivity contribution in [3.8, 4) is 10.6 Å². The van der Waals surface area contributed by atoms with Crippen LogP contribution in [-0.4, -0.2) is 33.4 Å². The van der Waals surface area contributed by atoms with Gasteiger partial charge in [-0.25, -0.2) is 4.98 Å². The third-order valence-electron chi connectivity index (χ3n) is 5.83. The zero-order chi connectivity index (χ0) is 22.9. The molecule has 1 fully saturated rings. The van der Waals surface area contributed by atoms with Crippen molar-refractivity contribution in [3.05, 3.63) is 64.2 Å². The Balaban J connectivity index is 1.43. The van der Waals surface area contributed by atoms with Gasteiger partial charge < -0.3 is 14.7 Å². The third kappa shape index (κ3) is 4.39. The van der Waals surface area contributed by atoms with Crippen LogP contribution in [0.25, 0.3) is 21.7 Å². The van der Waals surface area contributed by atoms with E-state index >= 15 is 0 Å². The maximum Gasteiger partial charge on any atom is 0.259 e. The lowest BCUT2D eigenvalue weighted by molar-refractivity contribution is -0.133. The van der Waals surface area contributed by atoms with Crippen LogP contribution in [0.2, 0.25) is 0 Å². The second kappa shape index (κ2) is 8.78. The van der Waals surface area contributed by atoms with Crippen LogP contribution >= 0.6 is 11.3 Å². The molecule has 1 saturated heterocycles. The zero-order valence-corrected chi connectivity index (χ0v) is 19.4. The fourth-order valence-corrected chi connectivity index (χ4v) is 5.00. The summed E-state index contributed by atoms with van der Waals surface area (Å²) in [7, 11) is 0. The van der Waals surface area contributed by atoms with E-state index in [2.05, 4.69) is 15.5 Å². The van der Waals surface area contributed by atoms with Crippen LogP contribution in [0.3, 0.4) is 0 Å². The monoisotopic (exact) mass is 460 g/mol. The number of hydrogen-bond acceptors (Lipinski definition) is 6. The summed E-state index contributed by atoms with van der Waals surface area (Å²) in [5, 5.41) is 7.64. The Morgan fingerprint density at radius 1 is 1.18 bits per heavy atom. The Morgan fingerprint density at radius 2 is 2.06 bits per heavy atom. The Labute approximate surface area is 195 Å². The number of aryl methyl sites for hydroxylation is 2. The van der Waals surface area contributed by atoms with Gasteiger partial charge >= 0.3 is 0 Å². The van der Waals surface area contributed by atoms with E-state index in [0.29, 0.717) is 46.7 Å². The van der Waals surface area contributed by atoms with Crippen molar-refractivity contribution < 1.29 is 14.1 Å². The third-order valence-corrected chi connectivity index (χ3v) is 6.86. The summed E-state index contributed by atoms with van der Waals surface area (Å²) >= 11 is 1.61. The number of fused-ring (bicyclic) bond motifs is 1. The molecule has 3 aromatic heterocycles. The van der Waals surface area contributed by atoms with E-state index < -0.39 is 0 Å². The molecule has 33 heavy (non-hydrogen) atoms. The molecular formula is C25H24N4O3S. The molecule has 0 atom stereocenters. The average molecular weight is 461 g/mol. The summed E-state index contributed by atoms with van der Waals surface area (Å²) in [4.78, 5) is 34.1. The molecule has 8 heteroatoms. The van der Waals surface area contributed by atoms with Crippen molar-refractivity contribution in [3.63, 3.8) is 0 Å². The lowest BCUT2D eigenvalue weighted by Crippen LogP contribution is -2.34. The predicted molar refractivity (Wildman–Crippen MR) is 128 cm³/mol. The second-order valence-corrected chi connectivity index (χ2v) is 9.63. The molecule has 0 bridgehead atoms. The van der Waals surface area contributed by atoms with Gasteiger partial charge in [0.05, 0.1) is 27.2 Å². The van der Waals surface area contributed by atoms with Gasteiger partial charge in [-0.2, -0.15) is 0 Å². The van der Waals surface area contributed by atoms with Gasteiger partial charge in [0.1, 0.15) is 0 Å². The first-order valence-electron chi connectivity index (χ1n) is 11.0. The number of piperidine rings is 1. The molecule has 0 radical (unpaired) electrons. The van der Waals surface area contributed by atoms with Crippen LogP contribution in [0.1, 0.15) is 45.8 Å². The van der Waals surface area contributed by atoms with Crippen molar-refractivity contribution >= 4 is 39.9 Å². The predicted octanol–water partition coefficient (Wildman–Crippen LogP) is 5.33. The van der Waals surface area contributed by atoms with Gasteiger partial charge in [-0.15, -0.1) is 11.3 Å². The van der Waals surface area contributed by atoms with Crippen LogP contribution < -0.4 is 5.32 Å². The summed E-state index contributed by atoms with van der Waals surface area (Å²) in [5.41, 5.74) is 3.77. The number of amides is 2. The molecule has 1 aliphatic heterocycles. The van der Waals surface area contributed by atoms with Gasteiger partial charge in [-0.05, 0) is 62.6 Å². The van der Waals surface area contributed by atoms with Crippen LogP contribution in [0.4, 0.5) is 5.69 Å². The highest BCUT2D eigenvalue weighted by molar-refractivity contribution is 7.15. The first kappa shape index (κ1) is 21.3. The summed E-state index contributed by atoms with van der Waals surface area (Å²) < 4.78 is 5.40. The number of aromatic nitrogens is 2. The molecule has 0 unspecified atom stereocenters. The van der Waals surface area contributed by atoms with E-state index in [1.807, 2.05) is 48.2 Å². The van der Waals surface area contributed by atoms with E-state index in [0.717, 1.165) is 34.7 Å². The molecular weight excluding hydrogens is 436 g/mol. The zero-order valence-electron chi connectivity index (χ0n) is 18.6. The molecule has 4 heterocycles. The van der Waals surface area contributed by atoms with Crippen LogP contribution in [-0.2, 0) is 11.3 Å². The quantitative estimate of drug-likeness (QED) is 0.435. The molecule has 1 aliphatic rings. The topological polar surface area (TPSA) is 88.3 Å². The average Bonchev–Trinajstić information content (AvgIpc) is 3.41. The van der Waals surface area contributed by atoms with Crippen molar-refractivity contribution in [2.45, 2.75) is 39.7 Å². The molecule has 1 aromatic carbocycles. The number of benzene rings is 1. The van der Waals surface area contributed by atoms with Crippen molar-refractivity contribution in [2.24, 2.45) is 0 Å². The molecule has 1 N–H and O–H groups in total. The van der Waals surface area contributed by atoms with Crippen LogP contribution in [0.5, 0.6) is 0 Å². The van der Waals surface area contributed by atoms with Gasteiger partial charge in [-0.3, -0.25) is 9.59 Å². The van der Waals surface area contributed by atoms with Gasteiger partial charge in [0.25, 0.3) is 11.6 Å². The number of pyridine rings is 1. The highest BCUT2D eigenvalue weighted by atomic mass is 32.1. The van der Waals surface area contributed by atoms with Crippen molar-refractivity contribution in [2.75, 3.05) is 11.9 Å². The summed E-state index contributed by atoms with van der Waals surface area (Å²) in [6.45, 7) is 5.16. The molecule has 168 valence electrons. The Bertz CT molecular complexity index is 1360. The van der Waals surface area contributed by atoms with E-state index in [1.165, 1.54) is 0 Å². The first-order chi connectivity index (χ1) is 16.0. The minimum Gasteiger partial charge on any atom is -0.338 e. The summed E-state index contributed by atoms with van der Waals surface area (Å²) in [6, 6.07) is 13.4. The lowest BCUT2D eigenvalue weighted by Gasteiger charge is -2.26. The fraction of sp³-hybridized carbons (Fsp3) is 0.280. The Hall–Kier alpha value is -3.52. The Morgan fingerprint density at radius 3 is 2.85 bits per heavy atom. The largest absolute Gasteiger partial charge is 0.338 e. The number of likely N-dealkylation sites (tertiary alicyclic amines) is 1. The molecule has 7 nitrogen and oxygen atoms in total. The number of anilines is 1. The molecule has 4 aromatic rings. The van der Waals surface area contributed by atoms with E-state index in [9.17, 15) is 9.59 Å². The standard InChI is InChI=1S/C25H24N4O3S/c1-15-9-10-21(33-15)20-13-19(23-16(2)28-32-25(23)27-20)24(31)26-18-7-5-6-17(12-18)14-29-11-4-3-8-22(29)30/h5-7,9-10,12-13H,3-4,8,11,14H2,1-2H3,(H,26,31). The molecule has 0 aliphatic carbocycles. The maximum atomic E-state index is 13.4. The highest BCUT2D eigenvalue weighted by Crippen LogP contribution is 2.31. The maximum absolute atomic E-state index is 13.4. The van der Waals surface area contributed by atoms with E-state index in [4.69, 9.17) is 4.52 Å². The highest BCUT2D eigenvalue weighted by Gasteiger charge is 2.21. The number of carbonyl (C=O) groups excluding carboxylic acids is 2. The van der Waals surface area contributed by atoms with Gasteiger partial charge in [0, 0.05) is 30.1 Å². The number of hydrogen-bond donors (Lipinski definition) is 1. The number of nitrogens with zero attached hydrogens (tertiary/aromatic N) is 3. The number of nitrogens with one attached hydrogen (secondary N) is 1. The summed E-state index contributed by atoms with van der Waals surface area (Å²) in [6.07, 6.45) is 2.60. The molecule has 5 rings (SSSR count). The van der Waals surface area contributed by atoms with Crippen LogP contribution in [0.15, 0.2) is 47.0 Å². The van der Waals surface area contributed by atoms with Gasteiger partial charge in [-0.1, -0.05) is 17.3 Å². The van der Waals surface area contributed by atoms with Crippen molar-refractivity contribution in [1.82, 2.24) is 15.0 Å². The minimum atomic E-state index is -0.255.